The highest BCUT2D eigenvalue weighted by atomic mass is 35.5. The van der Waals surface area contributed by atoms with Crippen molar-refractivity contribution in [2.75, 3.05) is 6.54 Å². The zero-order chi connectivity index (χ0) is 10.0. The Morgan fingerprint density at radius 3 is 2.54 bits per heavy atom. The number of hydrogen-bond donors (Lipinski definition) is 3. The first-order valence-corrected chi connectivity index (χ1v) is 4.36. The fourth-order valence-electron chi connectivity index (χ4n) is 1.10. The lowest BCUT2D eigenvalue weighted by Crippen LogP contribution is -2.08. The van der Waals surface area contributed by atoms with Crippen molar-refractivity contribution in [2.45, 2.75) is 12.8 Å². The Morgan fingerprint density at radius 2 is 2.00 bits per heavy atom. The Morgan fingerprint density at radius 1 is 1.38 bits per heavy atom. The van der Waals surface area contributed by atoms with E-state index in [4.69, 9.17) is 17.3 Å². The maximum atomic E-state index is 9.49. The Balaban J connectivity index is 3.18. The molecule has 1 aromatic rings. The summed E-state index contributed by atoms with van der Waals surface area (Å²) in [6.07, 6.45) is 0. The third-order valence-corrected chi connectivity index (χ3v) is 2.32. The van der Waals surface area contributed by atoms with Crippen molar-refractivity contribution < 1.29 is 10.2 Å². The summed E-state index contributed by atoms with van der Waals surface area (Å²) in [5, 5.41) is 18.9. The van der Waals surface area contributed by atoms with Gasteiger partial charge in [0.05, 0.1) is 5.02 Å². The first-order valence-electron chi connectivity index (χ1n) is 3.98. The van der Waals surface area contributed by atoms with E-state index in [0.29, 0.717) is 12.1 Å². The second-order valence-electron chi connectivity index (χ2n) is 2.97. The molecule has 0 fully saturated rings. The molecule has 1 unspecified atom stereocenters. The van der Waals surface area contributed by atoms with Gasteiger partial charge in [-0.3, -0.25) is 0 Å². The van der Waals surface area contributed by atoms with E-state index in [1.807, 2.05) is 6.92 Å². The second kappa shape index (κ2) is 3.85. The van der Waals surface area contributed by atoms with E-state index in [-0.39, 0.29) is 22.4 Å². The van der Waals surface area contributed by atoms with Crippen LogP contribution in [0.5, 0.6) is 11.5 Å². The molecule has 0 bridgehead atoms. The summed E-state index contributed by atoms with van der Waals surface area (Å²) in [4.78, 5) is 0. The van der Waals surface area contributed by atoms with Gasteiger partial charge in [-0.2, -0.15) is 0 Å². The first-order chi connectivity index (χ1) is 6.07. The lowest BCUT2D eigenvalue weighted by Gasteiger charge is -2.12. The summed E-state index contributed by atoms with van der Waals surface area (Å²) in [5.41, 5.74) is 6.05. The van der Waals surface area contributed by atoms with Crippen molar-refractivity contribution in [3.8, 4) is 11.5 Å². The molecule has 0 heterocycles. The van der Waals surface area contributed by atoms with Crippen molar-refractivity contribution >= 4 is 11.6 Å². The smallest absolute Gasteiger partial charge is 0.176 e. The molecule has 0 radical (unpaired) electrons. The number of halogens is 1. The summed E-state index contributed by atoms with van der Waals surface area (Å²) in [7, 11) is 0. The average molecular weight is 202 g/mol. The van der Waals surface area contributed by atoms with Crippen LogP contribution in [-0.2, 0) is 0 Å². The SMILES string of the molecule is CC(CN)c1ccc(Cl)c(O)c1O. The number of phenols is 2. The van der Waals surface area contributed by atoms with Gasteiger partial charge < -0.3 is 15.9 Å². The fraction of sp³-hybridized carbons (Fsp3) is 0.333. The molecule has 1 rings (SSSR count). The zero-order valence-corrected chi connectivity index (χ0v) is 8.04. The van der Waals surface area contributed by atoms with Crippen molar-refractivity contribution in [3.05, 3.63) is 22.7 Å². The molecule has 1 aromatic carbocycles. The van der Waals surface area contributed by atoms with E-state index < -0.39 is 0 Å². The Bertz CT molecular complexity index is 315. The van der Waals surface area contributed by atoms with Crippen LogP contribution in [0.15, 0.2) is 12.1 Å². The number of hydrogen-bond acceptors (Lipinski definition) is 3. The van der Waals surface area contributed by atoms with Crippen molar-refractivity contribution in [1.82, 2.24) is 0 Å². The number of aromatic hydroxyl groups is 2. The van der Waals surface area contributed by atoms with E-state index in [1.54, 1.807) is 6.07 Å². The zero-order valence-electron chi connectivity index (χ0n) is 7.29. The molecule has 0 aliphatic heterocycles. The molecule has 0 aromatic heterocycles. The van der Waals surface area contributed by atoms with Crippen molar-refractivity contribution in [1.29, 1.82) is 0 Å². The van der Waals surface area contributed by atoms with Gasteiger partial charge >= 0.3 is 0 Å². The monoisotopic (exact) mass is 201 g/mol. The third-order valence-electron chi connectivity index (χ3n) is 2.02. The van der Waals surface area contributed by atoms with Crippen LogP contribution >= 0.6 is 11.6 Å². The maximum Gasteiger partial charge on any atom is 0.176 e. The molecule has 13 heavy (non-hydrogen) atoms. The molecule has 0 spiro atoms. The van der Waals surface area contributed by atoms with Crippen LogP contribution < -0.4 is 5.73 Å². The Kier molecular flexibility index (Phi) is 3.01. The van der Waals surface area contributed by atoms with Gasteiger partial charge in [-0.05, 0) is 18.5 Å². The van der Waals surface area contributed by atoms with Crippen LogP contribution in [0.2, 0.25) is 5.02 Å². The molecule has 0 saturated carbocycles. The summed E-state index contributed by atoms with van der Waals surface area (Å²) < 4.78 is 0. The van der Waals surface area contributed by atoms with Crippen molar-refractivity contribution in [3.63, 3.8) is 0 Å². The predicted octanol–water partition coefficient (Wildman–Crippen LogP) is 1.81. The lowest BCUT2D eigenvalue weighted by molar-refractivity contribution is 0.397. The Labute approximate surface area is 81.8 Å². The van der Waals surface area contributed by atoms with Gasteiger partial charge in [0.15, 0.2) is 11.5 Å². The average Bonchev–Trinajstić information content (AvgIpc) is 2.13. The summed E-state index contributed by atoms with van der Waals surface area (Å²) in [6.45, 7) is 2.27. The minimum Gasteiger partial charge on any atom is -0.504 e. The summed E-state index contributed by atoms with van der Waals surface area (Å²) in [5.74, 6) is -0.451. The standard InChI is InChI=1S/C9H12ClNO2/c1-5(4-11)6-2-3-7(10)9(13)8(6)12/h2-3,5,12-13H,4,11H2,1H3. The molecular formula is C9H12ClNO2. The minimum atomic E-state index is -0.278. The highest BCUT2D eigenvalue weighted by Gasteiger charge is 2.14. The highest BCUT2D eigenvalue weighted by molar-refractivity contribution is 6.32. The van der Waals surface area contributed by atoms with Crippen LogP contribution in [0.4, 0.5) is 0 Å². The maximum absolute atomic E-state index is 9.49. The molecule has 3 nitrogen and oxygen atoms in total. The van der Waals surface area contributed by atoms with E-state index in [2.05, 4.69) is 0 Å². The van der Waals surface area contributed by atoms with E-state index in [1.165, 1.54) is 6.07 Å². The summed E-state index contributed by atoms with van der Waals surface area (Å²) >= 11 is 5.59. The first kappa shape index (κ1) is 10.2. The van der Waals surface area contributed by atoms with Gasteiger partial charge in [-0.1, -0.05) is 24.6 Å². The second-order valence-corrected chi connectivity index (χ2v) is 3.38. The highest BCUT2D eigenvalue weighted by Crippen LogP contribution is 2.38. The number of benzene rings is 1. The lowest BCUT2D eigenvalue weighted by atomic mass is 10.00. The molecule has 0 amide bonds. The largest absolute Gasteiger partial charge is 0.504 e. The van der Waals surface area contributed by atoms with Crippen LogP contribution in [-0.4, -0.2) is 16.8 Å². The third kappa shape index (κ3) is 1.87. The number of phenolic OH excluding ortho intramolecular Hbond substituents is 2. The van der Waals surface area contributed by atoms with Gasteiger partial charge in [-0.25, -0.2) is 0 Å². The molecule has 4 heteroatoms. The van der Waals surface area contributed by atoms with Crippen LogP contribution in [0.25, 0.3) is 0 Å². The van der Waals surface area contributed by atoms with Crippen LogP contribution in [0.3, 0.4) is 0 Å². The molecule has 1 atom stereocenters. The van der Waals surface area contributed by atoms with Gasteiger partial charge in [0.1, 0.15) is 0 Å². The molecule has 0 saturated heterocycles. The molecule has 72 valence electrons. The molecule has 0 aliphatic carbocycles. The van der Waals surface area contributed by atoms with Crippen LogP contribution in [0, 0.1) is 0 Å². The molecular weight excluding hydrogens is 190 g/mol. The molecule has 0 aliphatic rings. The Hall–Kier alpha value is -0.930. The normalized spacial score (nSPS) is 12.8. The van der Waals surface area contributed by atoms with E-state index in [0.717, 1.165) is 0 Å². The van der Waals surface area contributed by atoms with Gasteiger partial charge in [-0.15, -0.1) is 0 Å². The van der Waals surface area contributed by atoms with E-state index in [9.17, 15) is 10.2 Å². The number of nitrogens with two attached hydrogens (primary N) is 1. The van der Waals surface area contributed by atoms with Crippen molar-refractivity contribution in [2.24, 2.45) is 5.73 Å². The van der Waals surface area contributed by atoms with Gasteiger partial charge in [0.2, 0.25) is 0 Å². The quantitative estimate of drug-likeness (QED) is 0.640. The predicted molar refractivity (Wildman–Crippen MR) is 52.3 cm³/mol. The van der Waals surface area contributed by atoms with Gasteiger partial charge in [0.25, 0.3) is 0 Å². The summed E-state index contributed by atoms with van der Waals surface area (Å²) in [6, 6.07) is 3.20. The number of rotatable bonds is 2. The van der Waals surface area contributed by atoms with Crippen LogP contribution in [0.1, 0.15) is 18.4 Å². The van der Waals surface area contributed by atoms with E-state index >= 15 is 0 Å². The van der Waals surface area contributed by atoms with Gasteiger partial charge in [0, 0.05) is 5.56 Å². The molecule has 4 N–H and O–H groups in total. The fourth-order valence-corrected chi connectivity index (χ4v) is 1.25. The topological polar surface area (TPSA) is 66.5 Å². The minimum absolute atomic E-state index is 0.00293.